The SMILES string of the molecule is CC(CCC(=O)NCCc1c[nH]c2ccc(Cl)cc12)C1CCC2C3C(O)CC4CC(O)CCC4(C)C3CC(O)C12C. The Morgan fingerprint density at radius 2 is 1.93 bits per heavy atom. The van der Waals surface area contributed by atoms with E-state index in [1.807, 2.05) is 24.4 Å². The Morgan fingerprint density at radius 1 is 1.12 bits per heavy atom. The third-order valence-electron chi connectivity index (χ3n) is 12.8. The number of aromatic nitrogens is 1. The lowest BCUT2D eigenvalue weighted by Gasteiger charge is -2.63. The molecule has 4 saturated carbocycles. The van der Waals surface area contributed by atoms with Crippen molar-refractivity contribution in [2.45, 2.75) is 103 Å². The minimum Gasteiger partial charge on any atom is -0.393 e. The minimum atomic E-state index is -0.392. The van der Waals surface area contributed by atoms with Crippen LogP contribution in [0.15, 0.2) is 24.4 Å². The summed E-state index contributed by atoms with van der Waals surface area (Å²) in [5.74, 6) is 1.93. The zero-order valence-electron chi connectivity index (χ0n) is 24.9. The predicted molar refractivity (Wildman–Crippen MR) is 162 cm³/mol. The number of amides is 1. The third-order valence-corrected chi connectivity index (χ3v) is 13.0. The molecular weight excluding hydrogens is 536 g/mol. The second-order valence-corrected chi connectivity index (χ2v) is 15.1. The number of hydrogen-bond acceptors (Lipinski definition) is 4. The Hall–Kier alpha value is -1.60. The Kier molecular flexibility index (Phi) is 8.02. The molecule has 6 nitrogen and oxygen atoms in total. The molecule has 0 saturated heterocycles. The fourth-order valence-electron chi connectivity index (χ4n) is 10.5. The van der Waals surface area contributed by atoms with E-state index in [9.17, 15) is 20.1 Å². The van der Waals surface area contributed by atoms with Crippen molar-refractivity contribution in [3.8, 4) is 0 Å². The van der Waals surface area contributed by atoms with E-state index in [1.165, 1.54) is 0 Å². The number of aromatic amines is 1. The Balaban J connectivity index is 1.06. The predicted octanol–water partition coefficient (Wildman–Crippen LogP) is 5.86. The maximum absolute atomic E-state index is 12.8. The Bertz CT molecular complexity index is 1260. The van der Waals surface area contributed by atoms with Crippen molar-refractivity contribution in [2.75, 3.05) is 6.54 Å². The van der Waals surface area contributed by atoms with Crippen LogP contribution < -0.4 is 5.32 Å². The van der Waals surface area contributed by atoms with Gasteiger partial charge in [-0.15, -0.1) is 0 Å². The molecule has 6 rings (SSSR count). The lowest BCUT2D eigenvalue weighted by molar-refractivity contribution is -0.207. The summed E-state index contributed by atoms with van der Waals surface area (Å²) in [6.07, 6.45) is 9.29. The second kappa shape index (κ2) is 11.2. The van der Waals surface area contributed by atoms with Gasteiger partial charge < -0.3 is 25.6 Å². The Morgan fingerprint density at radius 3 is 2.73 bits per heavy atom. The third kappa shape index (κ3) is 5.05. The first-order valence-electron chi connectivity index (χ1n) is 16.1. The summed E-state index contributed by atoms with van der Waals surface area (Å²) in [5.41, 5.74) is 2.06. The number of aliphatic hydroxyl groups is 3. The highest BCUT2D eigenvalue weighted by atomic mass is 35.5. The molecule has 0 bridgehead atoms. The van der Waals surface area contributed by atoms with E-state index in [-0.39, 0.29) is 34.9 Å². The molecule has 1 amide bonds. The summed E-state index contributed by atoms with van der Waals surface area (Å²) < 4.78 is 0. The van der Waals surface area contributed by atoms with Crippen molar-refractivity contribution in [3.05, 3.63) is 35.0 Å². The summed E-state index contributed by atoms with van der Waals surface area (Å²) >= 11 is 6.18. The molecule has 5 N–H and O–H groups in total. The molecule has 4 aliphatic rings. The van der Waals surface area contributed by atoms with Crippen LogP contribution in [0, 0.1) is 46.3 Å². The first-order valence-corrected chi connectivity index (χ1v) is 16.5. The maximum Gasteiger partial charge on any atom is 0.220 e. The van der Waals surface area contributed by atoms with Gasteiger partial charge in [0.1, 0.15) is 0 Å². The van der Waals surface area contributed by atoms with Crippen LogP contribution in [0.5, 0.6) is 0 Å². The highest BCUT2D eigenvalue weighted by molar-refractivity contribution is 6.31. The van der Waals surface area contributed by atoms with Crippen LogP contribution in [-0.4, -0.2) is 51.1 Å². The van der Waals surface area contributed by atoms with Crippen molar-refractivity contribution in [2.24, 2.45) is 46.3 Å². The fraction of sp³-hybridized carbons (Fsp3) is 0.735. The van der Waals surface area contributed by atoms with Crippen LogP contribution in [0.1, 0.15) is 84.1 Å². The first kappa shape index (κ1) is 29.5. The lowest BCUT2D eigenvalue weighted by Crippen LogP contribution is -2.62. The van der Waals surface area contributed by atoms with Gasteiger partial charge in [0.25, 0.3) is 0 Å². The van der Waals surface area contributed by atoms with Crippen LogP contribution in [0.25, 0.3) is 10.9 Å². The number of fused-ring (bicyclic) bond motifs is 6. The molecular formula is C34H49ClN2O4. The number of benzene rings is 1. The molecule has 41 heavy (non-hydrogen) atoms. The van der Waals surface area contributed by atoms with Gasteiger partial charge in [0.2, 0.25) is 5.91 Å². The van der Waals surface area contributed by atoms with Gasteiger partial charge >= 0.3 is 0 Å². The average Bonchev–Trinajstić information content (AvgIpc) is 3.50. The summed E-state index contributed by atoms with van der Waals surface area (Å²) in [4.78, 5) is 16.1. The zero-order chi connectivity index (χ0) is 29.1. The van der Waals surface area contributed by atoms with E-state index in [0.717, 1.165) is 74.3 Å². The summed E-state index contributed by atoms with van der Waals surface area (Å²) in [6.45, 7) is 7.51. The van der Waals surface area contributed by atoms with Crippen molar-refractivity contribution in [1.29, 1.82) is 0 Å². The normalized spacial score (nSPS) is 41.0. The number of carbonyl (C=O) groups is 1. The molecule has 1 heterocycles. The van der Waals surface area contributed by atoms with E-state index in [1.54, 1.807) is 0 Å². The molecule has 11 atom stereocenters. The van der Waals surface area contributed by atoms with Gasteiger partial charge in [-0.2, -0.15) is 0 Å². The van der Waals surface area contributed by atoms with Gasteiger partial charge in [0.05, 0.1) is 18.3 Å². The minimum absolute atomic E-state index is 0.0832. The molecule has 0 aliphatic heterocycles. The standard InChI is InChI=1S/C34H49ClN2O4/c1-19(4-9-31(41)36-13-11-20-18-37-28-8-5-22(35)16-24(20)28)25-6-7-26-32-27(17-30(40)34(25,26)3)33(2)12-10-23(38)14-21(33)15-29(32)39/h5,8,16,18-19,21,23,25-27,29-30,32,37-40H,4,6-7,9-15,17H2,1-3H3,(H,36,41). The maximum atomic E-state index is 12.8. The van der Waals surface area contributed by atoms with Crippen LogP contribution in [0.3, 0.4) is 0 Å². The summed E-state index contributed by atoms with van der Waals surface area (Å²) in [7, 11) is 0. The number of rotatable bonds is 7. The topological polar surface area (TPSA) is 106 Å². The van der Waals surface area contributed by atoms with Gasteiger partial charge in [-0.3, -0.25) is 4.79 Å². The van der Waals surface area contributed by atoms with Gasteiger partial charge in [-0.25, -0.2) is 0 Å². The molecule has 0 spiro atoms. The van der Waals surface area contributed by atoms with Gasteiger partial charge in [0, 0.05) is 35.1 Å². The van der Waals surface area contributed by atoms with E-state index >= 15 is 0 Å². The van der Waals surface area contributed by atoms with E-state index in [2.05, 4.69) is 31.1 Å². The Labute approximate surface area is 249 Å². The van der Waals surface area contributed by atoms with E-state index < -0.39 is 6.10 Å². The lowest BCUT2D eigenvalue weighted by atomic mass is 9.43. The van der Waals surface area contributed by atoms with Crippen molar-refractivity contribution in [3.63, 3.8) is 0 Å². The number of halogens is 1. The van der Waals surface area contributed by atoms with Gasteiger partial charge in [0.15, 0.2) is 0 Å². The van der Waals surface area contributed by atoms with E-state index in [0.29, 0.717) is 47.6 Å². The zero-order valence-corrected chi connectivity index (χ0v) is 25.7. The summed E-state index contributed by atoms with van der Waals surface area (Å²) in [6, 6.07) is 5.82. The van der Waals surface area contributed by atoms with Crippen LogP contribution in [0.4, 0.5) is 0 Å². The number of aliphatic hydroxyl groups excluding tert-OH is 3. The van der Waals surface area contributed by atoms with Crippen molar-refractivity contribution in [1.82, 2.24) is 10.3 Å². The van der Waals surface area contributed by atoms with Crippen LogP contribution >= 0.6 is 11.6 Å². The number of H-pyrrole nitrogens is 1. The highest BCUT2D eigenvalue weighted by Gasteiger charge is 2.65. The molecule has 1 aromatic heterocycles. The second-order valence-electron chi connectivity index (χ2n) is 14.6. The summed E-state index contributed by atoms with van der Waals surface area (Å²) in [5, 5.41) is 38.6. The number of carbonyl (C=O) groups excluding carboxylic acids is 1. The number of nitrogens with one attached hydrogen (secondary N) is 2. The van der Waals surface area contributed by atoms with Gasteiger partial charge in [-0.05, 0) is 128 Å². The number of hydrogen-bond donors (Lipinski definition) is 5. The monoisotopic (exact) mass is 584 g/mol. The van der Waals surface area contributed by atoms with Crippen molar-refractivity contribution < 1.29 is 20.1 Å². The van der Waals surface area contributed by atoms with E-state index in [4.69, 9.17) is 11.6 Å². The molecule has 4 fully saturated rings. The quantitative estimate of drug-likeness (QED) is 0.281. The highest BCUT2D eigenvalue weighted by Crippen LogP contribution is 2.68. The van der Waals surface area contributed by atoms with Crippen LogP contribution in [-0.2, 0) is 11.2 Å². The molecule has 11 unspecified atom stereocenters. The molecule has 226 valence electrons. The van der Waals surface area contributed by atoms with Crippen LogP contribution in [0.2, 0.25) is 5.02 Å². The molecule has 1 aromatic carbocycles. The largest absolute Gasteiger partial charge is 0.393 e. The van der Waals surface area contributed by atoms with Gasteiger partial charge in [-0.1, -0.05) is 32.4 Å². The fourth-order valence-corrected chi connectivity index (χ4v) is 10.6. The average molecular weight is 585 g/mol. The first-order chi connectivity index (χ1) is 19.5. The molecule has 4 aliphatic carbocycles. The molecule has 7 heteroatoms. The molecule has 0 radical (unpaired) electrons. The molecule has 2 aromatic rings. The van der Waals surface area contributed by atoms with Crippen molar-refractivity contribution >= 4 is 28.4 Å². The smallest absolute Gasteiger partial charge is 0.220 e.